The second-order valence-corrected chi connectivity index (χ2v) is 14.3. The van der Waals surface area contributed by atoms with Crippen molar-refractivity contribution in [1.82, 2.24) is 9.80 Å². The lowest BCUT2D eigenvalue weighted by molar-refractivity contribution is -0.164. The Morgan fingerprint density at radius 3 is 2.46 bits per heavy atom. The van der Waals surface area contributed by atoms with Crippen LogP contribution in [0, 0.1) is 31.6 Å². The van der Waals surface area contributed by atoms with Gasteiger partial charge in [0, 0.05) is 25.7 Å². The SMILES string of the molecule is CC[C@H](C)[C@H](CO)N1C(=O)[C@H]2[C@@H]3C(=O)O[C@@H](c4ccccc4)[C@H](C)N(C)C(=O)CC/C=C\[C@@H]3O[C@]23C=CCN(c2cc(C)ccc2C)C(=O)[C@H]13. The Balaban J connectivity index is 1.50. The van der Waals surface area contributed by atoms with Gasteiger partial charge in [0.2, 0.25) is 11.8 Å². The molecule has 10 nitrogen and oxygen atoms in total. The summed E-state index contributed by atoms with van der Waals surface area (Å²) in [4.78, 5) is 62.7. The topological polar surface area (TPSA) is 117 Å². The van der Waals surface area contributed by atoms with Gasteiger partial charge in [0.05, 0.1) is 30.7 Å². The summed E-state index contributed by atoms with van der Waals surface area (Å²) in [5.74, 6) is -3.82. The Morgan fingerprint density at radius 1 is 1.02 bits per heavy atom. The molecule has 3 amide bonds. The fourth-order valence-corrected chi connectivity index (χ4v) is 8.23. The summed E-state index contributed by atoms with van der Waals surface area (Å²) in [5, 5.41) is 10.8. The van der Waals surface area contributed by atoms with Crippen LogP contribution in [0.2, 0.25) is 0 Å². The third-order valence-corrected chi connectivity index (χ3v) is 11.4. The molecule has 0 radical (unpaired) electrons. The zero-order valence-electron chi connectivity index (χ0n) is 29.8. The van der Waals surface area contributed by atoms with Crippen molar-refractivity contribution >= 4 is 29.4 Å². The Bertz CT molecular complexity index is 1690. The van der Waals surface area contributed by atoms with Crippen LogP contribution in [0.15, 0.2) is 72.8 Å². The van der Waals surface area contributed by atoms with Crippen LogP contribution < -0.4 is 4.90 Å². The highest BCUT2D eigenvalue weighted by Crippen LogP contribution is 2.54. The molecular formula is C40H49N3O7. The van der Waals surface area contributed by atoms with Crippen molar-refractivity contribution in [2.45, 2.75) is 89.8 Å². The van der Waals surface area contributed by atoms with Crippen LogP contribution in [0.4, 0.5) is 5.69 Å². The number of likely N-dealkylation sites (tertiary alicyclic amines) is 1. The lowest BCUT2D eigenvalue weighted by Gasteiger charge is -2.40. The van der Waals surface area contributed by atoms with E-state index in [1.807, 2.05) is 95.3 Å². The fourth-order valence-electron chi connectivity index (χ4n) is 8.23. The highest BCUT2D eigenvalue weighted by Gasteiger charge is 2.73. The summed E-state index contributed by atoms with van der Waals surface area (Å²) in [5.41, 5.74) is 1.82. The van der Waals surface area contributed by atoms with Crippen LogP contribution >= 0.6 is 0 Å². The van der Waals surface area contributed by atoms with Crippen LogP contribution in [-0.4, -0.2) is 88.6 Å². The van der Waals surface area contributed by atoms with Gasteiger partial charge in [-0.05, 0) is 55.9 Å². The minimum absolute atomic E-state index is 0.0890. The Kier molecular flexibility index (Phi) is 10.1. The minimum atomic E-state index is -1.51. The van der Waals surface area contributed by atoms with E-state index < -0.39 is 59.6 Å². The molecule has 0 saturated carbocycles. The van der Waals surface area contributed by atoms with E-state index in [2.05, 4.69) is 0 Å². The summed E-state index contributed by atoms with van der Waals surface area (Å²) >= 11 is 0. The number of likely N-dealkylation sites (N-methyl/N-ethyl adjacent to an activating group) is 1. The first-order chi connectivity index (χ1) is 23.9. The molecule has 1 spiro atoms. The maximum absolute atomic E-state index is 15.0. The number of amides is 3. The molecule has 50 heavy (non-hydrogen) atoms. The fraction of sp³-hybridized carbons (Fsp3) is 0.500. The highest BCUT2D eigenvalue weighted by molar-refractivity contribution is 6.06. The maximum Gasteiger partial charge on any atom is 0.313 e. The van der Waals surface area contributed by atoms with Gasteiger partial charge in [-0.25, -0.2) is 0 Å². The van der Waals surface area contributed by atoms with Gasteiger partial charge in [0.25, 0.3) is 5.91 Å². The number of benzene rings is 2. The van der Waals surface area contributed by atoms with Gasteiger partial charge in [-0.15, -0.1) is 0 Å². The molecule has 4 heterocycles. The molecule has 2 aromatic rings. The molecule has 10 heteroatoms. The van der Waals surface area contributed by atoms with E-state index in [4.69, 9.17) is 9.47 Å². The summed E-state index contributed by atoms with van der Waals surface area (Å²) < 4.78 is 13.3. The predicted octanol–water partition coefficient (Wildman–Crippen LogP) is 4.68. The van der Waals surface area contributed by atoms with E-state index in [0.29, 0.717) is 18.4 Å². The zero-order valence-corrected chi connectivity index (χ0v) is 29.8. The van der Waals surface area contributed by atoms with Crippen LogP contribution in [-0.2, 0) is 28.7 Å². The van der Waals surface area contributed by atoms with Crippen LogP contribution in [0.1, 0.15) is 62.8 Å². The average Bonchev–Trinajstić information content (AvgIpc) is 3.50. The van der Waals surface area contributed by atoms with E-state index in [9.17, 15) is 14.7 Å². The molecule has 2 saturated heterocycles. The van der Waals surface area contributed by atoms with Gasteiger partial charge >= 0.3 is 5.97 Å². The predicted molar refractivity (Wildman–Crippen MR) is 189 cm³/mol. The number of carbonyl (C=O) groups excluding carboxylic acids is 4. The number of hydrogen-bond donors (Lipinski definition) is 1. The molecule has 9 atom stereocenters. The van der Waals surface area contributed by atoms with Gasteiger partial charge in [-0.3, -0.25) is 19.2 Å². The Morgan fingerprint density at radius 2 is 1.76 bits per heavy atom. The maximum atomic E-state index is 15.0. The average molecular weight is 684 g/mol. The number of fused-ring (bicyclic) bond motifs is 2. The van der Waals surface area contributed by atoms with E-state index in [1.54, 1.807) is 29.0 Å². The first-order valence-corrected chi connectivity index (χ1v) is 17.8. The number of ether oxygens (including phenoxy) is 2. The minimum Gasteiger partial charge on any atom is -0.455 e. The van der Waals surface area contributed by atoms with Crippen molar-refractivity contribution in [3.63, 3.8) is 0 Å². The van der Waals surface area contributed by atoms with Crippen molar-refractivity contribution in [2.75, 3.05) is 25.1 Å². The number of aliphatic hydroxyl groups excluding tert-OH is 1. The summed E-state index contributed by atoms with van der Waals surface area (Å²) in [7, 11) is 1.71. The number of aliphatic hydroxyl groups is 1. The van der Waals surface area contributed by atoms with Gasteiger partial charge in [0.1, 0.15) is 23.7 Å². The molecule has 4 aliphatic heterocycles. The molecule has 266 valence electrons. The van der Waals surface area contributed by atoms with Crippen LogP contribution in [0.3, 0.4) is 0 Å². The molecular weight excluding hydrogens is 634 g/mol. The monoisotopic (exact) mass is 683 g/mol. The van der Waals surface area contributed by atoms with E-state index >= 15 is 9.59 Å². The van der Waals surface area contributed by atoms with Gasteiger partial charge in [0.15, 0.2) is 0 Å². The van der Waals surface area contributed by atoms with Crippen LogP contribution in [0.25, 0.3) is 0 Å². The quantitative estimate of drug-likeness (QED) is 0.348. The number of nitrogens with zero attached hydrogens (tertiary/aromatic N) is 3. The van der Waals surface area contributed by atoms with Crippen molar-refractivity contribution in [1.29, 1.82) is 0 Å². The molecule has 4 aliphatic rings. The highest BCUT2D eigenvalue weighted by atomic mass is 16.6. The molecule has 0 aromatic heterocycles. The number of aryl methyl sites for hydroxylation is 2. The van der Waals surface area contributed by atoms with E-state index in [1.165, 1.54) is 4.90 Å². The Hall–Kier alpha value is -4.28. The zero-order chi connectivity index (χ0) is 35.9. The Labute approximate surface area is 294 Å². The third-order valence-electron chi connectivity index (χ3n) is 11.4. The molecule has 2 aromatic carbocycles. The molecule has 2 fully saturated rings. The molecule has 0 unspecified atom stereocenters. The largest absolute Gasteiger partial charge is 0.455 e. The van der Waals surface area contributed by atoms with Crippen molar-refractivity contribution in [2.24, 2.45) is 17.8 Å². The number of rotatable bonds is 6. The number of hydrogen-bond acceptors (Lipinski definition) is 7. The number of allylic oxidation sites excluding steroid dienone is 1. The molecule has 6 rings (SSSR count). The van der Waals surface area contributed by atoms with Crippen molar-refractivity contribution < 1.29 is 33.8 Å². The first kappa shape index (κ1) is 35.5. The number of carbonyl (C=O) groups is 4. The lowest BCUT2D eigenvalue weighted by Crippen LogP contribution is -2.59. The normalized spacial score (nSPS) is 31.9. The number of anilines is 1. The van der Waals surface area contributed by atoms with Gasteiger partial charge in [-0.2, -0.15) is 0 Å². The van der Waals surface area contributed by atoms with Gasteiger partial charge in [-0.1, -0.05) is 87.0 Å². The van der Waals surface area contributed by atoms with E-state index in [0.717, 1.165) is 16.8 Å². The summed E-state index contributed by atoms with van der Waals surface area (Å²) in [6.45, 7) is 9.58. The smallest absolute Gasteiger partial charge is 0.313 e. The van der Waals surface area contributed by atoms with Crippen LogP contribution in [0.5, 0.6) is 0 Å². The van der Waals surface area contributed by atoms with Crippen molar-refractivity contribution in [3.05, 3.63) is 89.5 Å². The first-order valence-electron chi connectivity index (χ1n) is 17.8. The van der Waals surface area contributed by atoms with Gasteiger partial charge < -0.3 is 29.3 Å². The second-order valence-electron chi connectivity index (χ2n) is 14.3. The molecule has 0 bridgehead atoms. The summed E-state index contributed by atoms with van der Waals surface area (Å²) in [6, 6.07) is 12.9. The van der Waals surface area contributed by atoms with Crippen molar-refractivity contribution in [3.8, 4) is 0 Å². The number of esters is 1. The lowest BCUT2D eigenvalue weighted by atomic mass is 9.77. The number of cyclic esters (lactones) is 1. The second kappa shape index (κ2) is 14.2. The van der Waals surface area contributed by atoms with E-state index in [-0.39, 0.29) is 37.3 Å². The third kappa shape index (κ3) is 5.96. The summed E-state index contributed by atoms with van der Waals surface area (Å²) in [6.07, 6.45) is 6.79. The molecule has 1 N–H and O–H groups in total. The molecule has 0 aliphatic carbocycles. The standard InChI is InChI=1S/C40H49N3O7/c1-7-25(3)30(23-44)43-36-38(47)42(29-22-24(2)18-19-26(29)4)21-13-20-40(36)34(37(43)46)33-31(50-40)16-11-12-17-32(45)41(6)27(5)35(49-39(33)48)28-14-9-8-10-15-28/h8-11,13-16,18-20,22,25,27,30-31,33-36,44H,7,12,17,21,23H2,1-6H3/b16-11-/t25-,27-,30-,31-,33+,34+,35+,36-,40+/m0/s1.